The van der Waals surface area contributed by atoms with Crippen molar-refractivity contribution in [3.8, 4) is 0 Å². The van der Waals surface area contributed by atoms with Crippen molar-refractivity contribution in [1.29, 1.82) is 0 Å². The Hall–Kier alpha value is -0.722. The molecule has 3 heteroatoms. The molecule has 1 aromatic heterocycles. The summed E-state index contributed by atoms with van der Waals surface area (Å²) in [6.07, 6.45) is 4.62. The number of likely N-dealkylation sites (N-methyl/N-ethyl adjacent to an activating group) is 1. The van der Waals surface area contributed by atoms with E-state index < -0.39 is 0 Å². The Morgan fingerprint density at radius 1 is 1.42 bits per heavy atom. The summed E-state index contributed by atoms with van der Waals surface area (Å²) < 4.78 is 0. The molecular formula is C16H21N2W+. The first kappa shape index (κ1) is 14.7. The molecule has 0 spiro atoms. The number of H-pyrrole nitrogens is 1. The first-order chi connectivity index (χ1) is 8.63. The van der Waals surface area contributed by atoms with E-state index >= 15 is 0 Å². The molecule has 0 saturated carbocycles. The van der Waals surface area contributed by atoms with Gasteiger partial charge >= 0.3 is 21.1 Å². The van der Waals surface area contributed by atoms with E-state index in [1.807, 2.05) is 0 Å². The number of rotatable bonds is 2. The number of nitrogens with one attached hydrogen (secondary N) is 1. The van der Waals surface area contributed by atoms with E-state index in [1.54, 1.807) is 0 Å². The van der Waals surface area contributed by atoms with Crippen molar-refractivity contribution in [2.75, 3.05) is 13.6 Å². The molecule has 2 atom stereocenters. The molecule has 1 fully saturated rings. The minimum atomic E-state index is 0. The van der Waals surface area contributed by atoms with Crippen LogP contribution in [0.3, 0.4) is 0 Å². The maximum absolute atomic E-state index is 4.03. The standard InChI is InChI=1S/C16H21N2.W/c1-11-4-5-16-15(7-11)13(9-17-16)8-14-6-12(2)10-18(14)3;/h4-5,7,9,12,14,17H,1,6,8,10H2,2-3H3;/q-1;+2. The average Bonchev–Trinajstić information content (AvgIpc) is 2.84. The SMILES string of the molecule is [CH2-]c1ccc2[nH]cc(CC3CC(C)CN3C)c2c1.[W+2]. The van der Waals surface area contributed by atoms with Crippen molar-refractivity contribution in [3.63, 3.8) is 0 Å². The zero-order chi connectivity index (χ0) is 12.7. The van der Waals surface area contributed by atoms with E-state index in [0.717, 1.165) is 17.9 Å². The summed E-state index contributed by atoms with van der Waals surface area (Å²) in [5.74, 6) is 0.827. The van der Waals surface area contributed by atoms with Gasteiger partial charge in [0.15, 0.2) is 0 Å². The van der Waals surface area contributed by atoms with Crippen LogP contribution in [0.4, 0.5) is 0 Å². The Kier molecular flexibility index (Phi) is 4.42. The molecule has 1 aromatic carbocycles. The Labute approximate surface area is 129 Å². The minimum absolute atomic E-state index is 0. The molecule has 2 nitrogen and oxygen atoms in total. The molecule has 0 radical (unpaired) electrons. The summed E-state index contributed by atoms with van der Waals surface area (Å²) in [5, 5.41) is 1.34. The number of benzene rings is 1. The number of hydrogen-bond donors (Lipinski definition) is 1. The molecule has 3 rings (SSSR count). The number of hydrogen-bond acceptors (Lipinski definition) is 1. The van der Waals surface area contributed by atoms with Gasteiger partial charge in [0, 0.05) is 24.3 Å². The van der Waals surface area contributed by atoms with Crippen LogP contribution in [-0.2, 0) is 27.5 Å². The fourth-order valence-electron chi connectivity index (χ4n) is 3.25. The van der Waals surface area contributed by atoms with Gasteiger partial charge in [0.1, 0.15) is 0 Å². The number of aromatic amines is 1. The molecule has 0 bridgehead atoms. The van der Waals surface area contributed by atoms with E-state index in [2.05, 4.69) is 55.2 Å². The monoisotopic (exact) mass is 425 g/mol. The second-order valence-corrected chi connectivity index (χ2v) is 5.83. The fraction of sp³-hybridized carbons (Fsp3) is 0.438. The van der Waals surface area contributed by atoms with E-state index in [-0.39, 0.29) is 21.1 Å². The Morgan fingerprint density at radius 2 is 2.21 bits per heavy atom. The first-order valence-corrected chi connectivity index (χ1v) is 6.75. The van der Waals surface area contributed by atoms with Gasteiger partial charge in [-0.1, -0.05) is 18.4 Å². The third-order valence-electron chi connectivity index (χ3n) is 4.18. The summed E-state index contributed by atoms with van der Waals surface area (Å²) in [6.45, 7) is 7.60. The smallest absolute Gasteiger partial charge is 0.363 e. The Balaban J connectivity index is 0.00000133. The Bertz CT molecular complexity index is 561. The van der Waals surface area contributed by atoms with Crippen LogP contribution in [0.5, 0.6) is 0 Å². The average molecular weight is 425 g/mol. The van der Waals surface area contributed by atoms with Crippen LogP contribution in [0.15, 0.2) is 24.4 Å². The van der Waals surface area contributed by atoms with E-state index in [9.17, 15) is 0 Å². The van der Waals surface area contributed by atoms with Crippen LogP contribution in [0.25, 0.3) is 10.9 Å². The molecule has 2 aromatic rings. The van der Waals surface area contributed by atoms with Gasteiger partial charge in [0.05, 0.1) is 0 Å². The largest absolute Gasteiger partial charge is 2.00 e. The van der Waals surface area contributed by atoms with Gasteiger partial charge in [-0.05, 0) is 31.4 Å². The van der Waals surface area contributed by atoms with Gasteiger partial charge < -0.3 is 9.88 Å². The molecule has 1 aliphatic rings. The number of nitrogens with zero attached hydrogens (tertiary/aromatic N) is 1. The zero-order valence-corrected chi connectivity index (χ0v) is 14.6. The summed E-state index contributed by atoms with van der Waals surface area (Å²) in [6, 6.07) is 7.07. The van der Waals surface area contributed by atoms with Gasteiger partial charge in [-0.15, -0.1) is 0 Å². The van der Waals surface area contributed by atoms with Crippen LogP contribution in [-0.4, -0.2) is 29.5 Å². The molecule has 1 saturated heterocycles. The molecule has 1 N–H and O–H groups in total. The predicted molar refractivity (Wildman–Crippen MR) is 76.7 cm³/mol. The molecule has 19 heavy (non-hydrogen) atoms. The van der Waals surface area contributed by atoms with E-state index in [1.165, 1.54) is 29.4 Å². The zero-order valence-electron chi connectivity index (χ0n) is 11.6. The maximum Gasteiger partial charge on any atom is 2.00 e. The van der Waals surface area contributed by atoms with Crippen LogP contribution in [0.2, 0.25) is 0 Å². The minimum Gasteiger partial charge on any atom is -0.363 e. The second kappa shape index (κ2) is 5.73. The van der Waals surface area contributed by atoms with Crippen molar-refractivity contribution >= 4 is 10.9 Å². The molecule has 2 heterocycles. The van der Waals surface area contributed by atoms with Crippen LogP contribution in [0, 0.1) is 12.8 Å². The molecule has 0 amide bonds. The van der Waals surface area contributed by atoms with Gasteiger partial charge in [0.25, 0.3) is 0 Å². The third-order valence-corrected chi connectivity index (χ3v) is 4.18. The molecule has 100 valence electrons. The van der Waals surface area contributed by atoms with E-state index in [4.69, 9.17) is 0 Å². The summed E-state index contributed by atoms with van der Waals surface area (Å²) in [5.41, 5.74) is 3.75. The normalized spacial score (nSPS) is 23.7. The van der Waals surface area contributed by atoms with Gasteiger partial charge in [0.2, 0.25) is 0 Å². The van der Waals surface area contributed by atoms with Crippen molar-refractivity contribution in [3.05, 3.63) is 42.4 Å². The topological polar surface area (TPSA) is 19.0 Å². The summed E-state index contributed by atoms with van der Waals surface area (Å²) in [7, 11) is 2.25. The summed E-state index contributed by atoms with van der Waals surface area (Å²) in [4.78, 5) is 5.87. The molecule has 0 aliphatic carbocycles. The molecule has 2 unspecified atom stereocenters. The summed E-state index contributed by atoms with van der Waals surface area (Å²) >= 11 is 0. The second-order valence-electron chi connectivity index (χ2n) is 5.83. The van der Waals surface area contributed by atoms with Crippen molar-refractivity contribution in [1.82, 2.24) is 9.88 Å². The number of fused-ring (bicyclic) bond motifs is 1. The van der Waals surface area contributed by atoms with Crippen LogP contribution < -0.4 is 0 Å². The maximum atomic E-state index is 4.03. The Morgan fingerprint density at radius 3 is 2.89 bits per heavy atom. The fourth-order valence-corrected chi connectivity index (χ4v) is 3.25. The third kappa shape index (κ3) is 2.90. The number of likely N-dealkylation sites (tertiary alicyclic amines) is 1. The van der Waals surface area contributed by atoms with Gasteiger partial charge in [-0.2, -0.15) is 24.6 Å². The van der Waals surface area contributed by atoms with Crippen molar-refractivity contribution in [2.24, 2.45) is 5.92 Å². The van der Waals surface area contributed by atoms with Crippen LogP contribution in [0.1, 0.15) is 24.5 Å². The van der Waals surface area contributed by atoms with Crippen LogP contribution >= 0.6 is 0 Å². The quantitative estimate of drug-likeness (QED) is 0.733. The van der Waals surface area contributed by atoms with Gasteiger partial charge in [-0.3, -0.25) is 0 Å². The van der Waals surface area contributed by atoms with E-state index in [0.29, 0.717) is 6.04 Å². The molecular weight excluding hydrogens is 404 g/mol. The molecule has 1 aliphatic heterocycles. The predicted octanol–water partition coefficient (Wildman–Crippen LogP) is 3.23. The first-order valence-electron chi connectivity index (χ1n) is 6.75. The van der Waals surface area contributed by atoms with Gasteiger partial charge in [-0.25, -0.2) is 0 Å². The van der Waals surface area contributed by atoms with Crippen molar-refractivity contribution in [2.45, 2.75) is 25.8 Å². The number of aromatic nitrogens is 1. The van der Waals surface area contributed by atoms with Crippen molar-refractivity contribution < 1.29 is 21.1 Å².